The van der Waals surface area contributed by atoms with E-state index in [0.717, 1.165) is 21.7 Å². The van der Waals surface area contributed by atoms with Gasteiger partial charge in [0.05, 0.1) is 12.1 Å². The molecule has 3 rings (SSSR count). The molecule has 8 heteroatoms. The van der Waals surface area contributed by atoms with Gasteiger partial charge in [0.25, 0.3) is 5.91 Å². The average molecular weight is 423 g/mol. The van der Waals surface area contributed by atoms with Gasteiger partial charge in [-0.05, 0) is 25.5 Å². The van der Waals surface area contributed by atoms with Crippen LogP contribution in [0.3, 0.4) is 0 Å². The summed E-state index contributed by atoms with van der Waals surface area (Å²) in [7, 11) is 0. The second kappa shape index (κ2) is 9.80. The van der Waals surface area contributed by atoms with Gasteiger partial charge in [-0.15, -0.1) is 11.3 Å². The fourth-order valence-electron chi connectivity index (χ4n) is 2.72. The Morgan fingerprint density at radius 3 is 2.57 bits per heavy atom. The van der Waals surface area contributed by atoms with Crippen molar-refractivity contribution < 1.29 is 19.1 Å². The molecule has 0 bridgehead atoms. The lowest BCUT2D eigenvalue weighted by Gasteiger charge is -2.10. The highest BCUT2D eigenvalue weighted by Gasteiger charge is 2.14. The lowest BCUT2D eigenvalue weighted by Crippen LogP contribution is -2.37. The molecule has 2 aromatic carbocycles. The number of carbonyl (C=O) groups excluding carboxylic acids is 3. The first-order chi connectivity index (χ1) is 14.4. The van der Waals surface area contributed by atoms with Crippen LogP contribution in [0, 0.1) is 13.8 Å². The van der Waals surface area contributed by atoms with Crippen LogP contribution >= 0.6 is 11.3 Å². The normalized spacial score (nSPS) is 10.3. The maximum absolute atomic E-state index is 12.0. The van der Waals surface area contributed by atoms with E-state index in [-0.39, 0.29) is 6.42 Å². The van der Waals surface area contributed by atoms with Gasteiger partial charge in [-0.1, -0.05) is 48.0 Å². The van der Waals surface area contributed by atoms with E-state index in [2.05, 4.69) is 15.6 Å². The zero-order chi connectivity index (χ0) is 21.5. The third-order valence-corrected chi connectivity index (χ3v) is 5.09. The molecule has 0 fully saturated rings. The van der Waals surface area contributed by atoms with Crippen molar-refractivity contribution in [3.05, 3.63) is 70.7 Å². The topological polar surface area (TPSA) is 97.4 Å². The minimum absolute atomic E-state index is 0.0502. The first-order valence-electron chi connectivity index (χ1n) is 9.24. The van der Waals surface area contributed by atoms with Gasteiger partial charge in [0.15, 0.2) is 6.61 Å². The zero-order valence-electron chi connectivity index (χ0n) is 16.6. The van der Waals surface area contributed by atoms with Crippen LogP contribution in [0.15, 0.2) is 53.9 Å². The maximum Gasteiger partial charge on any atom is 0.325 e. The third kappa shape index (κ3) is 5.99. The first-order valence-corrected chi connectivity index (χ1v) is 10.1. The average Bonchev–Trinajstić information content (AvgIpc) is 3.18. The van der Waals surface area contributed by atoms with Crippen molar-refractivity contribution in [3.8, 4) is 10.6 Å². The van der Waals surface area contributed by atoms with E-state index in [9.17, 15) is 14.4 Å². The van der Waals surface area contributed by atoms with Crippen LogP contribution < -0.4 is 10.6 Å². The second-order valence-corrected chi connectivity index (χ2v) is 7.53. The SMILES string of the molecule is Cc1ccc(NC(=O)NC(=O)COC(=O)Cc2csc(-c3ccccc3)n2)c(C)c1. The van der Waals surface area contributed by atoms with Crippen LogP contribution in [0.25, 0.3) is 10.6 Å². The van der Waals surface area contributed by atoms with E-state index >= 15 is 0 Å². The fraction of sp³-hybridized carbons (Fsp3) is 0.182. The molecular formula is C22H21N3O4S. The molecule has 0 saturated heterocycles. The summed E-state index contributed by atoms with van der Waals surface area (Å²) in [4.78, 5) is 40.2. The van der Waals surface area contributed by atoms with Gasteiger partial charge in [-0.25, -0.2) is 9.78 Å². The van der Waals surface area contributed by atoms with Gasteiger partial charge >= 0.3 is 12.0 Å². The molecule has 3 amide bonds. The third-order valence-electron chi connectivity index (χ3n) is 4.15. The van der Waals surface area contributed by atoms with Crippen molar-refractivity contribution in [3.63, 3.8) is 0 Å². The Labute approximate surface area is 178 Å². The van der Waals surface area contributed by atoms with Gasteiger partial charge < -0.3 is 10.1 Å². The molecule has 3 aromatic rings. The number of amides is 3. The van der Waals surface area contributed by atoms with E-state index in [4.69, 9.17) is 4.74 Å². The predicted octanol–water partition coefficient (Wildman–Crippen LogP) is 3.86. The largest absolute Gasteiger partial charge is 0.455 e. The highest BCUT2D eigenvalue weighted by atomic mass is 32.1. The summed E-state index contributed by atoms with van der Waals surface area (Å²) in [6, 6.07) is 14.5. The number of carbonyl (C=O) groups is 3. The number of benzene rings is 2. The molecule has 0 saturated carbocycles. The van der Waals surface area contributed by atoms with Crippen molar-refractivity contribution >= 4 is 34.9 Å². The molecule has 1 aromatic heterocycles. The number of rotatable bonds is 6. The number of thiazole rings is 1. The molecule has 2 N–H and O–H groups in total. The predicted molar refractivity (Wildman–Crippen MR) is 115 cm³/mol. The number of anilines is 1. The Morgan fingerprint density at radius 1 is 1.07 bits per heavy atom. The fourth-order valence-corrected chi connectivity index (χ4v) is 3.54. The molecule has 7 nitrogen and oxygen atoms in total. The van der Waals surface area contributed by atoms with Crippen LogP contribution in [0.5, 0.6) is 0 Å². The summed E-state index contributed by atoms with van der Waals surface area (Å²) in [6.45, 7) is 3.26. The Hall–Kier alpha value is -3.52. The van der Waals surface area contributed by atoms with Crippen LogP contribution in [0.1, 0.15) is 16.8 Å². The quantitative estimate of drug-likeness (QED) is 0.587. The van der Waals surface area contributed by atoms with Crippen molar-refractivity contribution in [1.82, 2.24) is 10.3 Å². The molecule has 1 heterocycles. The van der Waals surface area contributed by atoms with Gasteiger partial charge in [-0.3, -0.25) is 14.9 Å². The number of hydrogen-bond acceptors (Lipinski definition) is 6. The highest BCUT2D eigenvalue weighted by molar-refractivity contribution is 7.13. The number of imide groups is 1. The summed E-state index contributed by atoms with van der Waals surface area (Å²) < 4.78 is 4.95. The van der Waals surface area contributed by atoms with Crippen molar-refractivity contribution in [2.45, 2.75) is 20.3 Å². The molecule has 0 aliphatic heterocycles. The number of nitrogens with zero attached hydrogens (tertiary/aromatic N) is 1. The monoisotopic (exact) mass is 423 g/mol. The number of aromatic nitrogens is 1. The Kier molecular flexibility index (Phi) is 6.92. The molecule has 0 atom stereocenters. The summed E-state index contributed by atoms with van der Waals surface area (Å²) in [6.07, 6.45) is -0.0502. The number of hydrogen-bond donors (Lipinski definition) is 2. The number of urea groups is 1. The Bertz CT molecular complexity index is 1060. The molecular weight excluding hydrogens is 402 g/mol. The molecule has 30 heavy (non-hydrogen) atoms. The van der Waals surface area contributed by atoms with E-state index in [0.29, 0.717) is 11.4 Å². The van der Waals surface area contributed by atoms with Crippen LogP contribution in [-0.4, -0.2) is 29.5 Å². The van der Waals surface area contributed by atoms with Gasteiger partial charge in [0.2, 0.25) is 0 Å². The second-order valence-electron chi connectivity index (χ2n) is 6.67. The van der Waals surface area contributed by atoms with Crippen molar-refractivity contribution in [2.75, 3.05) is 11.9 Å². The summed E-state index contributed by atoms with van der Waals surface area (Å²) in [5.74, 6) is -1.31. The molecule has 154 valence electrons. The lowest BCUT2D eigenvalue weighted by atomic mass is 10.1. The molecule has 0 spiro atoms. The summed E-state index contributed by atoms with van der Waals surface area (Å²) in [5.41, 5.74) is 4.08. The van der Waals surface area contributed by atoms with Gasteiger partial charge in [-0.2, -0.15) is 0 Å². The smallest absolute Gasteiger partial charge is 0.325 e. The van der Waals surface area contributed by atoms with Gasteiger partial charge in [0, 0.05) is 16.6 Å². The van der Waals surface area contributed by atoms with E-state index in [1.54, 1.807) is 11.4 Å². The number of nitrogens with one attached hydrogen (secondary N) is 2. The lowest BCUT2D eigenvalue weighted by molar-refractivity contribution is -0.147. The zero-order valence-corrected chi connectivity index (χ0v) is 17.4. The number of ether oxygens (including phenoxy) is 1. The molecule has 0 radical (unpaired) electrons. The van der Waals surface area contributed by atoms with Crippen LogP contribution in [-0.2, 0) is 20.7 Å². The van der Waals surface area contributed by atoms with Crippen LogP contribution in [0.4, 0.5) is 10.5 Å². The molecule has 0 aliphatic rings. The Morgan fingerprint density at radius 2 is 1.83 bits per heavy atom. The van der Waals surface area contributed by atoms with E-state index in [1.165, 1.54) is 11.3 Å². The highest BCUT2D eigenvalue weighted by Crippen LogP contribution is 2.23. The van der Waals surface area contributed by atoms with E-state index in [1.807, 2.05) is 56.3 Å². The van der Waals surface area contributed by atoms with Crippen molar-refractivity contribution in [2.24, 2.45) is 0 Å². The van der Waals surface area contributed by atoms with Gasteiger partial charge in [0.1, 0.15) is 5.01 Å². The summed E-state index contributed by atoms with van der Waals surface area (Å²) in [5, 5.41) is 7.31. The van der Waals surface area contributed by atoms with Crippen LogP contribution in [0.2, 0.25) is 0 Å². The minimum Gasteiger partial charge on any atom is -0.455 e. The molecule has 0 unspecified atom stereocenters. The van der Waals surface area contributed by atoms with E-state index < -0.39 is 24.5 Å². The number of aryl methyl sites for hydroxylation is 2. The standard InChI is InChI=1S/C22H21N3O4S/c1-14-8-9-18(15(2)10-14)24-22(28)25-19(26)12-29-20(27)11-17-13-30-21(23-17)16-6-4-3-5-7-16/h3-10,13H,11-12H2,1-2H3,(H2,24,25,26,28). The first kappa shape index (κ1) is 21.2. The number of esters is 1. The van der Waals surface area contributed by atoms with Crippen molar-refractivity contribution in [1.29, 1.82) is 0 Å². The summed E-state index contributed by atoms with van der Waals surface area (Å²) >= 11 is 1.43. The maximum atomic E-state index is 12.0. The molecule has 0 aliphatic carbocycles. The minimum atomic E-state index is -0.714. The Balaban J connectivity index is 1.44.